The summed E-state index contributed by atoms with van der Waals surface area (Å²) in [4.78, 5) is 0. The van der Waals surface area contributed by atoms with Gasteiger partial charge in [-0.15, -0.1) is 11.6 Å². The SMILES string of the molecule is CCCCCCCCC(Cl)S(=O)(=O)O. The molecule has 0 saturated heterocycles. The standard InChI is InChI=1S/C9H19ClO3S/c1-2-3-4-5-6-7-8-9(10)14(11,12)13/h9H,2-8H2,1H3,(H,11,12,13). The van der Waals surface area contributed by atoms with Crippen molar-refractivity contribution in [2.24, 2.45) is 0 Å². The van der Waals surface area contributed by atoms with Crippen LogP contribution in [0.4, 0.5) is 0 Å². The first kappa shape index (κ1) is 14.2. The van der Waals surface area contributed by atoms with Crippen LogP contribution in [0.5, 0.6) is 0 Å². The van der Waals surface area contributed by atoms with Crippen molar-refractivity contribution in [3.05, 3.63) is 0 Å². The van der Waals surface area contributed by atoms with Crippen LogP contribution in [0.3, 0.4) is 0 Å². The van der Waals surface area contributed by atoms with Gasteiger partial charge in [0.25, 0.3) is 10.1 Å². The van der Waals surface area contributed by atoms with Gasteiger partial charge in [0.05, 0.1) is 0 Å². The molecule has 1 atom stereocenters. The van der Waals surface area contributed by atoms with Gasteiger partial charge in [-0.2, -0.15) is 8.42 Å². The van der Waals surface area contributed by atoms with Crippen LogP contribution < -0.4 is 0 Å². The van der Waals surface area contributed by atoms with Gasteiger partial charge in [0.1, 0.15) is 0 Å². The van der Waals surface area contributed by atoms with Crippen molar-refractivity contribution in [3.63, 3.8) is 0 Å². The van der Waals surface area contributed by atoms with E-state index < -0.39 is 14.8 Å². The zero-order valence-corrected chi connectivity index (χ0v) is 10.1. The number of hydrogen-bond donors (Lipinski definition) is 1. The first-order valence-corrected chi connectivity index (χ1v) is 7.02. The van der Waals surface area contributed by atoms with Gasteiger partial charge in [0.15, 0.2) is 4.71 Å². The largest absolute Gasteiger partial charge is 0.284 e. The summed E-state index contributed by atoms with van der Waals surface area (Å²) in [7, 11) is -4.03. The Bertz CT molecular complexity index is 226. The number of hydrogen-bond acceptors (Lipinski definition) is 2. The van der Waals surface area contributed by atoms with Gasteiger partial charge in [0.2, 0.25) is 0 Å². The van der Waals surface area contributed by atoms with Gasteiger partial charge in [-0.05, 0) is 6.42 Å². The van der Waals surface area contributed by atoms with Gasteiger partial charge < -0.3 is 0 Å². The van der Waals surface area contributed by atoms with Crippen molar-refractivity contribution in [1.82, 2.24) is 0 Å². The minimum absolute atomic E-state index is 0.340. The summed E-state index contributed by atoms with van der Waals surface area (Å²) in [5.41, 5.74) is 0. The fraction of sp³-hybridized carbons (Fsp3) is 1.00. The summed E-state index contributed by atoms with van der Waals surface area (Å²) in [6, 6.07) is 0. The maximum Gasteiger partial charge on any atom is 0.281 e. The Balaban J connectivity index is 3.37. The van der Waals surface area contributed by atoms with E-state index >= 15 is 0 Å². The molecule has 14 heavy (non-hydrogen) atoms. The van der Waals surface area contributed by atoms with Crippen LogP contribution in [-0.4, -0.2) is 17.7 Å². The first-order chi connectivity index (χ1) is 6.48. The van der Waals surface area contributed by atoms with Crippen molar-refractivity contribution < 1.29 is 13.0 Å². The third-order valence-electron chi connectivity index (χ3n) is 2.11. The Morgan fingerprint density at radius 3 is 2.14 bits per heavy atom. The zero-order chi connectivity index (χ0) is 11.0. The van der Waals surface area contributed by atoms with Crippen LogP contribution in [-0.2, 0) is 10.1 Å². The summed E-state index contributed by atoms with van der Waals surface area (Å²) in [6.07, 6.45) is 6.81. The van der Waals surface area contributed by atoms with Gasteiger partial charge in [0, 0.05) is 0 Å². The van der Waals surface area contributed by atoms with E-state index in [4.69, 9.17) is 16.2 Å². The van der Waals surface area contributed by atoms with Crippen molar-refractivity contribution in [2.75, 3.05) is 0 Å². The lowest BCUT2D eigenvalue weighted by atomic mass is 10.1. The Kier molecular flexibility index (Phi) is 7.59. The molecule has 0 aromatic carbocycles. The average Bonchev–Trinajstić information content (AvgIpc) is 2.09. The third kappa shape index (κ3) is 7.59. The molecule has 0 amide bonds. The lowest BCUT2D eigenvalue weighted by Crippen LogP contribution is -2.13. The number of unbranched alkanes of at least 4 members (excludes halogenated alkanes) is 5. The number of rotatable bonds is 8. The highest BCUT2D eigenvalue weighted by atomic mass is 35.5. The van der Waals surface area contributed by atoms with Crippen LogP contribution in [0.2, 0.25) is 0 Å². The zero-order valence-electron chi connectivity index (χ0n) is 8.58. The smallest absolute Gasteiger partial charge is 0.281 e. The van der Waals surface area contributed by atoms with Crippen LogP contribution in [0, 0.1) is 0 Å². The minimum atomic E-state index is -4.03. The summed E-state index contributed by atoms with van der Waals surface area (Å²) < 4.78 is 28.5. The van der Waals surface area contributed by atoms with E-state index in [1.165, 1.54) is 19.3 Å². The van der Waals surface area contributed by atoms with E-state index in [0.717, 1.165) is 19.3 Å². The van der Waals surface area contributed by atoms with Gasteiger partial charge in [-0.1, -0.05) is 45.4 Å². The minimum Gasteiger partial charge on any atom is -0.284 e. The molecule has 1 unspecified atom stereocenters. The predicted octanol–water partition coefficient (Wildman–Crippen LogP) is 3.19. The second kappa shape index (κ2) is 7.49. The summed E-state index contributed by atoms with van der Waals surface area (Å²) in [5, 5.41) is 0. The lowest BCUT2D eigenvalue weighted by Gasteiger charge is -2.05. The highest BCUT2D eigenvalue weighted by molar-refractivity contribution is 7.87. The topological polar surface area (TPSA) is 54.4 Å². The Labute approximate surface area is 91.6 Å². The third-order valence-corrected chi connectivity index (χ3v) is 3.88. The second-order valence-electron chi connectivity index (χ2n) is 3.48. The molecule has 0 radical (unpaired) electrons. The summed E-state index contributed by atoms with van der Waals surface area (Å²) in [6.45, 7) is 2.15. The molecular weight excluding hydrogens is 224 g/mol. The van der Waals surface area contributed by atoms with Crippen molar-refractivity contribution >= 4 is 21.7 Å². The maximum atomic E-state index is 10.5. The van der Waals surface area contributed by atoms with E-state index in [2.05, 4.69) is 6.92 Å². The molecule has 0 aromatic rings. The molecule has 5 heteroatoms. The van der Waals surface area contributed by atoms with Gasteiger partial charge in [-0.25, -0.2) is 0 Å². The van der Waals surface area contributed by atoms with Gasteiger partial charge in [-0.3, -0.25) is 4.55 Å². The molecule has 0 saturated carbocycles. The van der Waals surface area contributed by atoms with Crippen molar-refractivity contribution in [3.8, 4) is 0 Å². The van der Waals surface area contributed by atoms with E-state index in [0.29, 0.717) is 6.42 Å². The lowest BCUT2D eigenvalue weighted by molar-refractivity contribution is 0.473. The highest BCUT2D eigenvalue weighted by Crippen LogP contribution is 2.15. The summed E-state index contributed by atoms with van der Waals surface area (Å²) >= 11 is 5.46. The Morgan fingerprint density at radius 2 is 1.64 bits per heavy atom. The maximum absolute atomic E-state index is 10.5. The molecular formula is C9H19ClO3S. The molecule has 3 nitrogen and oxygen atoms in total. The fourth-order valence-corrected chi connectivity index (χ4v) is 1.85. The van der Waals surface area contributed by atoms with Crippen LogP contribution in [0.15, 0.2) is 0 Å². The van der Waals surface area contributed by atoms with Crippen LogP contribution in [0.1, 0.15) is 51.9 Å². The average molecular weight is 243 g/mol. The van der Waals surface area contributed by atoms with Crippen LogP contribution >= 0.6 is 11.6 Å². The molecule has 0 aliphatic carbocycles. The monoisotopic (exact) mass is 242 g/mol. The van der Waals surface area contributed by atoms with Crippen LogP contribution in [0.25, 0.3) is 0 Å². The Morgan fingerprint density at radius 1 is 1.14 bits per heavy atom. The number of halogens is 1. The summed E-state index contributed by atoms with van der Waals surface area (Å²) in [5.74, 6) is 0. The van der Waals surface area contributed by atoms with Crippen molar-refractivity contribution in [2.45, 2.75) is 56.6 Å². The molecule has 0 fully saturated rings. The molecule has 0 aliphatic rings. The molecule has 0 heterocycles. The van der Waals surface area contributed by atoms with E-state index in [-0.39, 0.29) is 0 Å². The molecule has 86 valence electrons. The molecule has 0 rings (SSSR count). The molecule has 0 spiro atoms. The molecule has 0 aliphatic heterocycles. The van der Waals surface area contributed by atoms with E-state index in [9.17, 15) is 8.42 Å². The first-order valence-electron chi connectivity index (χ1n) is 5.09. The molecule has 0 aromatic heterocycles. The molecule has 1 N–H and O–H groups in total. The highest BCUT2D eigenvalue weighted by Gasteiger charge is 2.18. The normalized spacial score (nSPS) is 14.2. The van der Waals surface area contributed by atoms with Crippen molar-refractivity contribution in [1.29, 1.82) is 0 Å². The van der Waals surface area contributed by atoms with E-state index in [1.54, 1.807) is 0 Å². The predicted molar refractivity (Wildman–Crippen MR) is 59.2 cm³/mol. The van der Waals surface area contributed by atoms with E-state index in [1.807, 2.05) is 0 Å². The second-order valence-corrected chi connectivity index (χ2v) is 5.87. The fourth-order valence-electron chi connectivity index (χ4n) is 1.23. The quantitative estimate of drug-likeness (QED) is 0.404. The number of alkyl halides is 1. The molecule has 0 bridgehead atoms. The Hall–Kier alpha value is 0.200. The van der Waals surface area contributed by atoms with Gasteiger partial charge >= 0.3 is 0 Å².